The smallest absolute Gasteiger partial charge is 0.254 e. The van der Waals surface area contributed by atoms with Crippen molar-refractivity contribution in [1.29, 1.82) is 0 Å². The zero-order valence-electron chi connectivity index (χ0n) is 16.4. The fourth-order valence-corrected chi connectivity index (χ4v) is 4.45. The number of primary amides is 1. The number of benzene rings is 1. The number of hydrogen-bond acceptors (Lipinski definition) is 4. The topological polar surface area (TPSA) is 93.6 Å². The van der Waals surface area contributed by atoms with Crippen LogP contribution in [0.3, 0.4) is 0 Å². The van der Waals surface area contributed by atoms with Crippen LogP contribution in [0.15, 0.2) is 28.9 Å². The molecule has 1 aromatic carbocycles. The molecule has 2 N–H and O–H groups in total. The first-order valence-corrected chi connectivity index (χ1v) is 10.4. The van der Waals surface area contributed by atoms with Crippen LogP contribution in [0.5, 0.6) is 0 Å². The molecule has 1 aliphatic heterocycles. The van der Waals surface area contributed by atoms with Crippen LogP contribution in [0.2, 0.25) is 0 Å². The SMILES string of the molecule is Cc1nc2c(C(N)=O)cnn2c(C)c1CCC(=O)N1CCCc2cc(Br)ccc21. The van der Waals surface area contributed by atoms with Gasteiger partial charge in [-0.1, -0.05) is 15.9 Å². The normalized spacial score (nSPS) is 13.6. The fourth-order valence-electron chi connectivity index (χ4n) is 4.04. The Kier molecular flexibility index (Phi) is 5.12. The predicted octanol–water partition coefficient (Wildman–Crippen LogP) is 3.12. The minimum absolute atomic E-state index is 0.102. The zero-order valence-corrected chi connectivity index (χ0v) is 18.0. The number of aryl methyl sites for hydroxylation is 3. The number of aromatic nitrogens is 3. The molecule has 0 unspecified atom stereocenters. The first kappa shape index (κ1) is 19.6. The number of fused-ring (bicyclic) bond motifs is 2. The van der Waals surface area contributed by atoms with Gasteiger partial charge in [0.15, 0.2) is 5.65 Å². The van der Waals surface area contributed by atoms with E-state index in [9.17, 15) is 9.59 Å². The molecule has 0 saturated heterocycles. The number of hydrogen-bond donors (Lipinski definition) is 1. The number of rotatable bonds is 4. The van der Waals surface area contributed by atoms with Gasteiger partial charge in [0.25, 0.3) is 5.91 Å². The van der Waals surface area contributed by atoms with Crippen LogP contribution in [0.4, 0.5) is 5.69 Å². The minimum Gasteiger partial charge on any atom is -0.365 e. The van der Waals surface area contributed by atoms with Gasteiger partial charge in [0.2, 0.25) is 5.91 Å². The van der Waals surface area contributed by atoms with Gasteiger partial charge in [-0.3, -0.25) is 9.59 Å². The Labute approximate surface area is 177 Å². The van der Waals surface area contributed by atoms with E-state index in [1.807, 2.05) is 30.9 Å². The Bertz CT molecular complexity index is 1140. The van der Waals surface area contributed by atoms with E-state index in [1.165, 1.54) is 11.8 Å². The van der Waals surface area contributed by atoms with E-state index in [0.29, 0.717) is 24.1 Å². The van der Waals surface area contributed by atoms with Gasteiger partial charge in [0, 0.05) is 34.5 Å². The van der Waals surface area contributed by atoms with Crippen LogP contribution >= 0.6 is 15.9 Å². The molecular weight excluding hydrogens is 434 g/mol. The van der Waals surface area contributed by atoms with Crippen LogP contribution in [0, 0.1) is 13.8 Å². The maximum Gasteiger partial charge on any atom is 0.254 e. The molecular formula is C21H22BrN5O2. The van der Waals surface area contributed by atoms with Crippen molar-refractivity contribution in [2.75, 3.05) is 11.4 Å². The Morgan fingerprint density at radius 2 is 2.07 bits per heavy atom. The van der Waals surface area contributed by atoms with Crippen LogP contribution in [0.1, 0.15) is 45.7 Å². The lowest BCUT2D eigenvalue weighted by molar-refractivity contribution is -0.118. The maximum atomic E-state index is 13.0. The highest BCUT2D eigenvalue weighted by Crippen LogP contribution is 2.30. The first-order valence-electron chi connectivity index (χ1n) is 9.59. The van der Waals surface area contributed by atoms with Crippen molar-refractivity contribution in [1.82, 2.24) is 14.6 Å². The molecule has 1 aliphatic rings. The van der Waals surface area contributed by atoms with Gasteiger partial charge in [-0.25, -0.2) is 9.50 Å². The van der Waals surface area contributed by atoms with Crippen LogP contribution < -0.4 is 10.6 Å². The van der Waals surface area contributed by atoms with Crippen molar-refractivity contribution in [3.05, 3.63) is 56.9 Å². The molecule has 0 bridgehead atoms. The van der Waals surface area contributed by atoms with Crippen molar-refractivity contribution >= 4 is 39.1 Å². The molecule has 8 heteroatoms. The molecule has 0 spiro atoms. The number of carbonyl (C=O) groups excluding carboxylic acids is 2. The molecule has 0 atom stereocenters. The van der Waals surface area contributed by atoms with Crippen LogP contribution in [-0.2, 0) is 17.6 Å². The Morgan fingerprint density at radius 3 is 2.83 bits per heavy atom. The quantitative estimate of drug-likeness (QED) is 0.653. The Morgan fingerprint density at radius 1 is 1.28 bits per heavy atom. The van der Waals surface area contributed by atoms with Crippen LogP contribution in [0.25, 0.3) is 5.65 Å². The summed E-state index contributed by atoms with van der Waals surface area (Å²) in [6.07, 6.45) is 4.33. The fraction of sp³-hybridized carbons (Fsp3) is 0.333. The summed E-state index contributed by atoms with van der Waals surface area (Å²) in [6, 6.07) is 6.08. The third-order valence-electron chi connectivity index (χ3n) is 5.52. The molecule has 0 fully saturated rings. The monoisotopic (exact) mass is 455 g/mol. The summed E-state index contributed by atoms with van der Waals surface area (Å²) in [5, 5.41) is 4.25. The van der Waals surface area contributed by atoms with Crippen LogP contribution in [-0.4, -0.2) is 33.0 Å². The molecule has 150 valence electrons. The van der Waals surface area contributed by atoms with E-state index in [2.05, 4.69) is 32.1 Å². The van der Waals surface area contributed by atoms with Crippen molar-refractivity contribution in [3.8, 4) is 0 Å². The second-order valence-electron chi connectivity index (χ2n) is 7.34. The highest BCUT2D eigenvalue weighted by atomic mass is 79.9. The van der Waals surface area contributed by atoms with Gasteiger partial charge in [-0.05, 0) is 62.4 Å². The molecule has 3 aromatic rings. The Balaban J connectivity index is 1.58. The number of halogens is 1. The molecule has 7 nitrogen and oxygen atoms in total. The molecule has 0 radical (unpaired) electrons. The summed E-state index contributed by atoms with van der Waals surface area (Å²) in [4.78, 5) is 31.0. The van der Waals surface area contributed by atoms with Crippen molar-refractivity contribution < 1.29 is 9.59 Å². The third-order valence-corrected chi connectivity index (χ3v) is 6.02. The van der Waals surface area contributed by atoms with E-state index in [4.69, 9.17) is 5.73 Å². The second-order valence-corrected chi connectivity index (χ2v) is 8.26. The highest BCUT2D eigenvalue weighted by molar-refractivity contribution is 9.10. The van der Waals surface area contributed by atoms with Crippen molar-refractivity contribution in [3.63, 3.8) is 0 Å². The molecule has 29 heavy (non-hydrogen) atoms. The summed E-state index contributed by atoms with van der Waals surface area (Å²) >= 11 is 3.51. The van der Waals surface area contributed by atoms with E-state index in [1.54, 1.807) is 4.52 Å². The highest BCUT2D eigenvalue weighted by Gasteiger charge is 2.23. The lowest BCUT2D eigenvalue weighted by Crippen LogP contribution is -2.35. The van der Waals surface area contributed by atoms with E-state index < -0.39 is 5.91 Å². The standard InChI is InChI=1S/C21H22BrN5O2/c1-12-16(13(2)27-21(25-12)17(11-24-27)20(23)29)6-8-19(28)26-9-3-4-14-10-15(22)5-7-18(14)26/h5,7,10-11H,3-4,6,8-9H2,1-2H3,(H2,23,29). The average molecular weight is 456 g/mol. The largest absolute Gasteiger partial charge is 0.365 e. The summed E-state index contributed by atoms with van der Waals surface area (Å²) in [7, 11) is 0. The third kappa shape index (κ3) is 3.53. The summed E-state index contributed by atoms with van der Waals surface area (Å²) in [5.41, 5.74) is 11.0. The first-order chi connectivity index (χ1) is 13.9. The van der Waals surface area contributed by atoms with Gasteiger partial charge in [0.1, 0.15) is 5.56 Å². The molecule has 2 amide bonds. The summed E-state index contributed by atoms with van der Waals surface area (Å²) in [6.45, 7) is 4.55. The number of nitrogens with two attached hydrogens (primary N) is 1. The summed E-state index contributed by atoms with van der Waals surface area (Å²) in [5.74, 6) is -0.449. The van der Waals surface area contributed by atoms with E-state index >= 15 is 0 Å². The van der Waals surface area contributed by atoms with Gasteiger partial charge < -0.3 is 10.6 Å². The van der Waals surface area contributed by atoms with Gasteiger partial charge >= 0.3 is 0 Å². The minimum atomic E-state index is -0.551. The van der Waals surface area contributed by atoms with Crippen molar-refractivity contribution in [2.45, 2.75) is 39.5 Å². The average Bonchev–Trinajstić information content (AvgIpc) is 3.11. The lowest BCUT2D eigenvalue weighted by Gasteiger charge is -2.30. The summed E-state index contributed by atoms with van der Waals surface area (Å²) < 4.78 is 2.66. The van der Waals surface area contributed by atoms with E-state index in [0.717, 1.165) is 46.5 Å². The molecule has 4 rings (SSSR count). The second kappa shape index (κ2) is 7.59. The predicted molar refractivity (Wildman–Crippen MR) is 114 cm³/mol. The molecule has 3 heterocycles. The molecule has 2 aromatic heterocycles. The van der Waals surface area contributed by atoms with Gasteiger partial charge in [0.05, 0.1) is 6.20 Å². The number of anilines is 1. The lowest BCUT2D eigenvalue weighted by atomic mass is 10.0. The van der Waals surface area contributed by atoms with E-state index in [-0.39, 0.29) is 5.91 Å². The van der Waals surface area contributed by atoms with Gasteiger partial charge in [-0.2, -0.15) is 5.10 Å². The molecule has 0 aliphatic carbocycles. The van der Waals surface area contributed by atoms with Gasteiger partial charge in [-0.15, -0.1) is 0 Å². The number of carbonyl (C=O) groups is 2. The van der Waals surface area contributed by atoms with Crippen molar-refractivity contribution in [2.24, 2.45) is 5.73 Å². The Hall–Kier alpha value is -2.74. The number of amides is 2. The molecule has 0 saturated carbocycles. The zero-order chi connectivity index (χ0) is 20.7. The maximum absolute atomic E-state index is 13.0. The number of nitrogens with zero attached hydrogens (tertiary/aromatic N) is 4.